The molecule has 1 fully saturated rings. The monoisotopic (exact) mass is 484 g/mol. The van der Waals surface area contributed by atoms with Gasteiger partial charge in [-0.3, -0.25) is 4.79 Å². The first-order valence-corrected chi connectivity index (χ1v) is 11.8. The summed E-state index contributed by atoms with van der Waals surface area (Å²) in [5.74, 6) is -1.77. The zero-order valence-electron chi connectivity index (χ0n) is 17.6. The summed E-state index contributed by atoms with van der Waals surface area (Å²) >= 11 is 0. The lowest BCUT2D eigenvalue weighted by Crippen LogP contribution is -2.32. The van der Waals surface area contributed by atoms with Crippen LogP contribution >= 0.6 is 0 Å². The molecule has 3 rings (SSSR count). The highest BCUT2D eigenvalue weighted by Crippen LogP contribution is 2.30. The van der Waals surface area contributed by atoms with Gasteiger partial charge in [0.2, 0.25) is 10.0 Å². The number of ether oxygens (including phenoxy) is 1. The largest absolute Gasteiger partial charge is 0.452 e. The van der Waals surface area contributed by atoms with Crippen molar-refractivity contribution in [1.29, 1.82) is 0 Å². The van der Waals surface area contributed by atoms with Crippen LogP contribution in [0.4, 0.5) is 18.9 Å². The third-order valence-corrected chi connectivity index (χ3v) is 6.98. The highest BCUT2D eigenvalue weighted by molar-refractivity contribution is 7.89. The number of anilines is 1. The third-order valence-electron chi connectivity index (χ3n) is 5.08. The predicted octanol–water partition coefficient (Wildman–Crippen LogP) is 4.07. The number of carbonyl (C=O) groups is 2. The van der Waals surface area contributed by atoms with E-state index < -0.39 is 40.2 Å². The van der Waals surface area contributed by atoms with Crippen molar-refractivity contribution in [3.05, 3.63) is 59.7 Å². The molecule has 0 aromatic heterocycles. The first kappa shape index (κ1) is 24.7. The summed E-state index contributed by atoms with van der Waals surface area (Å²) in [4.78, 5) is 24.3. The van der Waals surface area contributed by atoms with Crippen molar-refractivity contribution >= 4 is 27.6 Å². The fourth-order valence-electron chi connectivity index (χ4n) is 3.40. The van der Waals surface area contributed by atoms with Crippen LogP contribution in [-0.4, -0.2) is 44.3 Å². The van der Waals surface area contributed by atoms with E-state index in [4.69, 9.17) is 4.74 Å². The number of alkyl halides is 3. The molecule has 1 amide bonds. The van der Waals surface area contributed by atoms with Gasteiger partial charge in [0.1, 0.15) is 0 Å². The van der Waals surface area contributed by atoms with Gasteiger partial charge >= 0.3 is 12.1 Å². The maximum absolute atomic E-state index is 12.9. The summed E-state index contributed by atoms with van der Waals surface area (Å²) in [6.07, 6.45) is -1.11. The molecule has 33 heavy (non-hydrogen) atoms. The molecule has 178 valence electrons. The second-order valence-corrected chi connectivity index (χ2v) is 9.49. The Balaban J connectivity index is 1.62. The number of sulfonamides is 1. The molecule has 0 atom stereocenters. The minimum absolute atomic E-state index is 0.0488. The van der Waals surface area contributed by atoms with Gasteiger partial charge in [-0.15, -0.1) is 0 Å². The van der Waals surface area contributed by atoms with Gasteiger partial charge in [-0.25, -0.2) is 13.2 Å². The number of esters is 1. The SMILES string of the molecule is O=C(COC(=O)c1cccc(S(=O)(=O)N2CCCCCC2)c1)Nc1cccc(C(F)(F)F)c1. The first-order chi connectivity index (χ1) is 15.6. The van der Waals surface area contributed by atoms with E-state index in [2.05, 4.69) is 5.32 Å². The molecular weight excluding hydrogens is 461 g/mol. The zero-order chi connectivity index (χ0) is 24.1. The van der Waals surface area contributed by atoms with Gasteiger partial charge in [-0.2, -0.15) is 17.5 Å². The van der Waals surface area contributed by atoms with Crippen LogP contribution in [0.2, 0.25) is 0 Å². The molecule has 7 nitrogen and oxygen atoms in total. The molecule has 0 bridgehead atoms. The van der Waals surface area contributed by atoms with Gasteiger partial charge in [0.15, 0.2) is 6.61 Å². The maximum atomic E-state index is 12.9. The van der Waals surface area contributed by atoms with Crippen LogP contribution in [0, 0.1) is 0 Å². The van der Waals surface area contributed by atoms with E-state index >= 15 is 0 Å². The molecule has 1 N–H and O–H groups in total. The standard InChI is InChI=1S/C22H23F3N2O5S/c23-22(24,25)17-8-6-9-18(14-17)26-20(28)15-32-21(29)16-7-5-10-19(13-16)33(30,31)27-11-3-1-2-4-12-27/h5-10,13-14H,1-4,11-12,15H2,(H,26,28). The number of hydrogen-bond acceptors (Lipinski definition) is 5. The molecule has 2 aromatic rings. The van der Waals surface area contributed by atoms with Crippen LogP contribution in [0.3, 0.4) is 0 Å². The van der Waals surface area contributed by atoms with Crippen molar-refractivity contribution in [3.8, 4) is 0 Å². The van der Waals surface area contributed by atoms with Crippen LogP contribution in [0.25, 0.3) is 0 Å². The van der Waals surface area contributed by atoms with Crippen LogP contribution in [-0.2, 0) is 25.7 Å². The second kappa shape index (κ2) is 10.3. The van der Waals surface area contributed by atoms with Crippen molar-refractivity contribution in [3.63, 3.8) is 0 Å². The molecule has 0 aliphatic carbocycles. The highest BCUT2D eigenvalue weighted by atomic mass is 32.2. The summed E-state index contributed by atoms with van der Waals surface area (Å²) < 4.78 is 70.5. The molecule has 1 heterocycles. The maximum Gasteiger partial charge on any atom is 0.416 e. The second-order valence-electron chi connectivity index (χ2n) is 7.55. The fourth-order valence-corrected chi connectivity index (χ4v) is 4.96. The number of carbonyl (C=O) groups excluding carboxylic acids is 2. The van der Waals surface area contributed by atoms with Crippen molar-refractivity contribution < 1.29 is 35.9 Å². The summed E-state index contributed by atoms with van der Waals surface area (Å²) in [6.45, 7) is 0.0671. The molecule has 11 heteroatoms. The van der Waals surface area contributed by atoms with Gasteiger partial charge < -0.3 is 10.1 Å². The van der Waals surface area contributed by atoms with Gasteiger partial charge in [0.25, 0.3) is 5.91 Å². The molecule has 1 aliphatic heterocycles. The molecule has 0 spiro atoms. The smallest absolute Gasteiger partial charge is 0.416 e. The third kappa shape index (κ3) is 6.55. The summed E-state index contributed by atoms with van der Waals surface area (Å²) in [7, 11) is -3.78. The van der Waals surface area contributed by atoms with E-state index in [1.807, 2.05) is 0 Å². The quantitative estimate of drug-likeness (QED) is 0.624. The van der Waals surface area contributed by atoms with E-state index in [1.165, 1.54) is 34.6 Å². The van der Waals surface area contributed by atoms with E-state index in [0.717, 1.165) is 43.9 Å². The lowest BCUT2D eigenvalue weighted by molar-refractivity contribution is -0.137. The molecule has 2 aromatic carbocycles. The number of benzene rings is 2. The normalized spacial score (nSPS) is 15.5. The minimum atomic E-state index is -4.56. The number of nitrogens with zero attached hydrogens (tertiary/aromatic N) is 1. The number of nitrogens with one attached hydrogen (secondary N) is 1. The van der Waals surface area contributed by atoms with Crippen LogP contribution in [0.5, 0.6) is 0 Å². The van der Waals surface area contributed by atoms with Crippen molar-refractivity contribution in [2.75, 3.05) is 25.0 Å². The van der Waals surface area contributed by atoms with Crippen molar-refractivity contribution in [1.82, 2.24) is 4.31 Å². The Morgan fingerprint density at radius 2 is 1.64 bits per heavy atom. The van der Waals surface area contributed by atoms with Crippen molar-refractivity contribution in [2.45, 2.75) is 36.8 Å². The fraction of sp³-hybridized carbons (Fsp3) is 0.364. The van der Waals surface area contributed by atoms with E-state index in [9.17, 15) is 31.2 Å². The molecule has 0 unspecified atom stereocenters. The van der Waals surface area contributed by atoms with Gasteiger partial charge in [0, 0.05) is 18.8 Å². The highest BCUT2D eigenvalue weighted by Gasteiger charge is 2.30. The molecule has 0 radical (unpaired) electrons. The Morgan fingerprint density at radius 1 is 0.970 bits per heavy atom. The van der Waals surface area contributed by atoms with Gasteiger partial charge in [-0.1, -0.05) is 25.0 Å². The van der Waals surface area contributed by atoms with Crippen LogP contribution < -0.4 is 5.32 Å². The van der Waals surface area contributed by atoms with Crippen LogP contribution in [0.15, 0.2) is 53.4 Å². The Hall–Kier alpha value is -2.92. The minimum Gasteiger partial charge on any atom is -0.452 e. The Bertz CT molecular complexity index is 1110. The topological polar surface area (TPSA) is 92.8 Å². The number of hydrogen-bond donors (Lipinski definition) is 1. The lowest BCUT2D eigenvalue weighted by Gasteiger charge is -2.20. The van der Waals surface area contributed by atoms with E-state index in [-0.39, 0.29) is 16.1 Å². The number of halogens is 3. The van der Waals surface area contributed by atoms with E-state index in [1.54, 1.807) is 0 Å². The van der Waals surface area contributed by atoms with Crippen molar-refractivity contribution in [2.24, 2.45) is 0 Å². The Morgan fingerprint density at radius 3 is 2.30 bits per heavy atom. The van der Waals surface area contributed by atoms with Gasteiger partial charge in [-0.05, 0) is 49.2 Å². The van der Waals surface area contributed by atoms with E-state index in [0.29, 0.717) is 13.1 Å². The van der Waals surface area contributed by atoms with Crippen LogP contribution in [0.1, 0.15) is 41.6 Å². The molecule has 1 aliphatic rings. The average Bonchev–Trinajstić information content (AvgIpc) is 3.07. The molecule has 0 saturated carbocycles. The lowest BCUT2D eigenvalue weighted by atomic mass is 10.2. The number of rotatable bonds is 6. The van der Waals surface area contributed by atoms with Gasteiger partial charge in [0.05, 0.1) is 16.0 Å². The number of amides is 1. The molecular formula is C22H23F3N2O5S. The zero-order valence-corrected chi connectivity index (χ0v) is 18.4. The summed E-state index contributed by atoms with van der Waals surface area (Å²) in [5, 5.41) is 2.23. The average molecular weight is 484 g/mol. The Labute approximate surface area is 189 Å². The summed E-state index contributed by atoms with van der Waals surface area (Å²) in [5.41, 5.74) is -1.09. The Kier molecular flexibility index (Phi) is 7.75. The summed E-state index contributed by atoms with van der Waals surface area (Å²) in [6, 6.07) is 9.37. The predicted molar refractivity (Wildman–Crippen MR) is 114 cm³/mol. The first-order valence-electron chi connectivity index (χ1n) is 10.3. The molecule has 1 saturated heterocycles.